The van der Waals surface area contributed by atoms with Crippen molar-refractivity contribution in [3.63, 3.8) is 0 Å². The molecule has 0 amide bonds. The molecule has 1 atom stereocenters. The predicted octanol–water partition coefficient (Wildman–Crippen LogP) is 4.08. The number of aromatic nitrogens is 1. The van der Waals surface area contributed by atoms with Crippen molar-refractivity contribution >= 4 is 23.4 Å². The van der Waals surface area contributed by atoms with Gasteiger partial charge in [-0.15, -0.1) is 0 Å². The van der Waals surface area contributed by atoms with Crippen LogP contribution in [-0.2, 0) is 6.42 Å². The van der Waals surface area contributed by atoms with Crippen molar-refractivity contribution in [3.05, 3.63) is 52.7 Å². The number of hydrogen-bond acceptors (Lipinski definition) is 3. The van der Waals surface area contributed by atoms with Crippen molar-refractivity contribution in [2.24, 2.45) is 5.73 Å². The van der Waals surface area contributed by atoms with Gasteiger partial charge in [-0.3, -0.25) is 0 Å². The van der Waals surface area contributed by atoms with Crippen LogP contribution < -0.4 is 5.73 Å². The molecule has 0 spiro atoms. The largest absolute Gasteiger partial charge is 0.328 e. The molecule has 4 heteroatoms. The first-order valence-electron chi connectivity index (χ1n) is 6.19. The topological polar surface area (TPSA) is 38.9 Å². The molecule has 1 unspecified atom stereocenters. The third kappa shape index (κ3) is 4.23. The maximum atomic E-state index is 5.91. The lowest BCUT2D eigenvalue weighted by Gasteiger charge is -2.12. The molecule has 0 bridgehead atoms. The van der Waals surface area contributed by atoms with Crippen molar-refractivity contribution < 1.29 is 0 Å². The van der Waals surface area contributed by atoms with Gasteiger partial charge in [0.25, 0.3) is 0 Å². The van der Waals surface area contributed by atoms with Gasteiger partial charge in [-0.1, -0.05) is 41.1 Å². The molecular weight excluding hydrogens is 276 g/mol. The van der Waals surface area contributed by atoms with E-state index in [1.807, 2.05) is 19.1 Å². The summed E-state index contributed by atoms with van der Waals surface area (Å²) in [4.78, 5) is 5.52. The number of benzene rings is 1. The van der Waals surface area contributed by atoms with Crippen LogP contribution in [-0.4, -0.2) is 11.0 Å². The van der Waals surface area contributed by atoms with E-state index >= 15 is 0 Å². The van der Waals surface area contributed by atoms with E-state index in [-0.39, 0.29) is 6.04 Å². The highest BCUT2D eigenvalue weighted by Gasteiger charge is 2.08. The van der Waals surface area contributed by atoms with Crippen LogP contribution in [0.5, 0.6) is 0 Å². The van der Waals surface area contributed by atoms with Gasteiger partial charge in [-0.2, -0.15) is 0 Å². The van der Waals surface area contributed by atoms with Crippen LogP contribution in [0.3, 0.4) is 0 Å². The average Bonchev–Trinajstić information content (AvgIpc) is 2.34. The van der Waals surface area contributed by atoms with E-state index in [1.165, 1.54) is 16.0 Å². The molecule has 100 valence electrons. The van der Waals surface area contributed by atoms with Gasteiger partial charge in [0, 0.05) is 17.1 Å². The van der Waals surface area contributed by atoms with E-state index in [1.54, 1.807) is 18.0 Å². The van der Waals surface area contributed by atoms with Crippen LogP contribution in [0.15, 0.2) is 46.5 Å². The van der Waals surface area contributed by atoms with E-state index in [2.05, 4.69) is 30.1 Å². The maximum absolute atomic E-state index is 5.91. The number of rotatable bonds is 4. The number of nitrogens with zero attached hydrogens (tertiary/aromatic N) is 1. The first kappa shape index (κ1) is 14.4. The highest BCUT2D eigenvalue weighted by atomic mass is 35.5. The number of halogens is 1. The fraction of sp³-hybridized carbons (Fsp3) is 0.267. The second-order valence-electron chi connectivity index (χ2n) is 4.71. The molecule has 1 aromatic carbocycles. The van der Waals surface area contributed by atoms with Crippen LogP contribution >= 0.6 is 23.4 Å². The minimum Gasteiger partial charge on any atom is -0.328 e. The number of hydrogen-bond donors (Lipinski definition) is 1. The molecular formula is C15H17ClN2S. The summed E-state index contributed by atoms with van der Waals surface area (Å²) in [5.41, 5.74) is 8.44. The molecule has 0 fully saturated rings. The zero-order chi connectivity index (χ0) is 13.8. The predicted molar refractivity (Wildman–Crippen MR) is 81.9 cm³/mol. The standard InChI is InChI=1S/C15H17ClN2S/c1-10-3-5-14(12(7-10)8-11(2)17)19-15-6-4-13(16)9-18-15/h3-7,9,11H,8,17H2,1-2H3. The molecule has 2 rings (SSSR count). The van der Waals surface area contributed by atoms with Gasteiger partial charge in [-0.25, -0.2) is 4.98 Å². The SMILES string of the molecule is Cc1ccc(Sc2ccc(Cl)cn2)c(CC(C)N)c1. The summed E-state index contributed by atoms with van der Waals surface area (Å²) in [6.07, 6.45) is 2.54. The average molecular weight is 293 g/mol. The van der Waals surface area contributed by atoms with E-state index in [4.69, 9.17) is 17.3 Å². The fourth-order valence-electron chi connectivity index (χ4n) is 1.85. The smallest absolute Gasteiger partial charge is 0.101 e. The summed E-state index contributed by atoms with van der Waals surface area (Å²) in [5.74, 6) is 0. The zero-order valence-electron chi connectivity index (χ0n) is 11.1. The molecule has 0 aliphatic heterocycles. The van der Waals surface area contributed by atoms with Crippen molar-refractivity contribution in [1.29, 1.82) is 0 Å². The summed E-state index contributed by atoms with van der Waals surface area (Å²) in [7, 11) is 0. The van der Waals surface area contributed by atoms with E-state index in [0.29, 0.717) is 5.02 Å². The second kappa shape index (κ2) is 6.42. The minimum atomic E-state index is 0.152. The van der Waals surface area contributed by atoms with Crippen molar-refractivity contribution in [2.45, 2.75) is 36.2 Å². The maximum Gasteiger partial charge on any atom is 0.101 e. The Hall–Kier alpha value is -1.03. The fourth-order valence-corrected chi connectivity index (χ4v) is 2.84. The Labute approximate surface area is 123 Å². The molecule has 0 saturated heterocycles. The number of pyridine rings is 1. The van der Waals surface area contributed by atoms with Crippen molar-refractivity contribution in [2.75, 3.05) is 0 Å². The third-order valence-electron chi connectivity index (χ3n) is 2.67. The Balaban J connectivity index is 2.26. The molecule has 1 heterocycles. The van der Waals surface area contributed by atoms with E-state index in [9.17, 15) is 0 Å². The number of aryl methyl sites for hydroxylation is 1. The third-order valence-corrected chi connectivity index (χ3v) is 3.97. The Morgan fingerprint density at radius 3 is 2.74 bits per heavy atom. The highest BCUT2D eigenvalue weighted by Crippen LogP contribution is 2.30. The Morgan fingerprint density at radius 2 is 2.11 bits per heavy atom. The second-order valence-corrected chi connectivity index (χ2v) is 6.21. The lowest BCUT2D eigenvalue weighted by Crippen LogP contribution is -2.18. The van der Waals surface area contributed by atoms with Crippen molar-refractivity contribution in [3.8, 4) is 0 Å². The van der Waals surface area contributed by atoms with Crippen LogP contribution in [0.25, 0.3) is 0 Å². The highest BCUT2D eigenvalue weighted by molar-refractivity contribution is 7.99. The molecule has 19 heavy (non-hydrogen) atoms. The first-order valence-corrected chi connectivity index (χ1v) is 7.38. The summed E-state index contributed by atoms with van der Waals surface area (Å²) in [6, 6.07) is 10.4. The van der Waals surface area contributed by atoms with Crippen LogP contribution in [0.4, 0.5) is 0 Å². The lowest BCUT2D eigenvalue weighted by atomic mass is 10.1. The normalized spacial score (nSPS) is 12.4. The van der Waals surface area contributed by atoms with E-state index in [0.717, 1.165) is 11.4 Å². The minimum absolute atomic E-state index is 0.152. The summed E-state index contributed by atoms with van der Waals surface area (Å²) in [6.45, 7) is 4.12. The first-order chi connectivity index (χ1) is 9.04. The molecule has 0 aliphatic carbocycles. The summed E-state index contributed by atoms with van der Waals surface area (Å²) in [5, 5.41) is 1.60. The quantitative estimate of drug-likeness (QED) is 0.923. The molecule has 0 radical (unpaired) electrons. The molecule has 2 N–H and O–H groups in total. The van der Waals surface area contributed by atoms with Gasteiger partial charge in [0.1, 0.15) is 5.03 Å². The van der Waals surface area contributed by atoms with Crippen molar-refractivity contribution in [1.82, 2.24) is 4.98 Å². The molecule has 1 aromatic heterocycles. The molecule has 2 nitrogen and oxygen atoms in total. The van der Waals surface area contributed by atoms with Gasteiger partial charge >= 0.3 is 0 Å². The van der Waals surface area contributed by atoms with Crippen LogP contribution in [0.2, 0.25) is 5.02 Å². The Kier molecular flexibility index (Phi) is 4.86. The monoisotopic (exact) mass is 292 g/mol. The van der Waals surface area contributed by atoms with Gasteiger partial charge in [0.05, 0.1) is 5.02 Å². The summed E-state index contributed by atoms with van der Waals surface area (Å²) >= 11 is 7.50. The zero-order valence-corrected chi connectivity index (χ0v) is 12.6. The van der Waals surface area contributed by atoms with Gasteiger partial charge in [0.15, 0.2) is 0 Å². The Morgan fingerprint density at radius 1 is 1.32 bits per heavy atom. The van der Waals surface area contributed by atoms with Crippen LogP contribution in [0, 0.1) is 6.92 Å². The molecule has 0 aliphatic rings. The number of nitrogens with two attached hydrogens (primary N) is 1. The molecule has 0 saturated carbocycles. The van der Waals surface area contributed by atoms with Gasteiger partial charge < -0.3 is 5.73 Å². The van der Waals surface area contributed by atoms with Gasteiger partial charge in [-0.05, 0) is 44.0 Å². The lowest BCUT2D eigenvalue weighted by molar-refractivity contribution is 0.728. The van der Waals surface area contributed by atoms with Gasteiger partial charge in [0.2, 0.25) is 0 Å². The Bertz CT molecular complexity index is 553. The van der Waals surface area contributed by atoms with E-state index < -0.39 is 0 Å². The van der Waals surface area contributed by atoms with Crippen LogP contribution in [0.1, 0.15) is 18.1 Å². The summed E-state index contributed by atoms with van der Waals surface area (Å²) < 4.78 is 0. The molecule has 2 aromatic rings.